The fraction of sp³-hybridized carbons (Fsp3) is 0.500. The zero-order valence-electron chi connectivity index (χ0n) is 15.2. The van der Waals surface area contributed by atoms with E-state index in [1.165, 1.54) is 28.4 Å². The summed E-state index contributed by atoms with van der Waals surface area (Å²) in [7, 11) is 0. The van der Waals surface area contributed by atoms with Gasteiger partial charge < -0.3 is 4.90 Å². The fourth-order valence-electron chi connectivity index (χ4n) is 3.73. The Balaban J connectivity index is 1.88. The molecule has 0 saturated carbocycles. The zero-order chi connectivity index (χ0) is 18.0. The van der Waals surface area contributed by atoms with Crippen LogP contribution in [0.5, 0.6) is 0 Å². The number of aromatic nitrogens is 1. The standard InChI is InChI=1S/C20H26N2OS2/c1-4-21(5-2)20(24)25-13-19(23)22-17-9-7-6-8-15(17)16-12-14(3)10-11-18(16)22/h6-9,14H,4-5,10-13H2,1-3H3. The van der Waals surface area contributed by atoms with E-state index in [1.54, 1.807) is 0 Å². The molecule has 1 aliphatic carbocycles. The monoisotopic (exact) mass is 374 g/mol. The van der Waals surface area contributed by atoms with Crippen LogP contribution in [0.1, 0.15) is 43.2 Å². The van der Waals surface area contributed by atoms with Gasteiger partial charge in [0.25, 0.3) is 0 Å². The van der Waals surface area contributed by atoms with Crippen molar-refractivity contribution in [1.29, 1.82) is 0 Å². The lowest BCUT2D eigenvalue weighted by Gasteiger charge is -2.22. The first-order chi connectivity index (χ1) is 12.1. The van der Waals surface area contributed by atoms with Crippen LogP contribution in [-0.4, -0.2) is 38.5 Å². The Hall–Kier alpha value is -1.33. The average molecular weight is 375 g/mol. The number of carbonyl (C=O) groups is 1. The average Bonchev–Trinajstić information content (AvgIpc) is 2.94. The molecule has 1 aromatic carbocycles. The van der Waals surface area contributed by atoms with Crippen LogP contribution in [0, 0.1) is 5.92 Å². The number of rotatable bonds is 4. The van der Waals surface area contributed by atoms with Crippen LogP contribution in [0.15, 0.2) is 24.3 Å². The second kappa shape index (κ2) is 7.92. The summed E-state index contributed by atoms with van der Waals surface area (Å²) >= 11 is 6.97. The van der Waals surface area contributed by atoms with E-state index in [1.807, 2.05) is 10.6 Å². The number of hydrogen-bond acceptors (Lipinski definition) is 3. The van der Waals surface area contributed by atoms with Crippen molar-refractivity contribution in [3.63, 3.8) is 0 Å². The minimum absolute atomic E-state index is 0.145. The number of para-hydroxylation sites is 1. The number of fused-ring (bicyclic) bond motifs is 3. The molecule has 2 aromatic rings. The topological polar surface area (TPSA) is 25.2 Å². The molecule has 25 heavy (non-hydrogen) atoms. The highest BCUT2D eigenvalue weighted by Crippen LogP contribution is 2.34. The van der Waals surface area contributed by atoms with E-state index in [-0.39, 0.29) is 5.91 Å². The van der Waals surface area contributed by atoms with Gasteiger partial charge in [0, 0.05) is 24.2 Å². The molecule has 1 aromatic heterocycles. The maximum absolute atomic E-state index is 13.0. The maximum Gasteiger partial charge on any atom is 0.241 e. The molecule has 1 heterocycles. The Bertz CT molecular complexity index is 792. The first-order valence-corrected chi connectivity index (χ1v) is 10.5. The molecule has 3 nitrogen and oxygen atoms in total. The summed E-state index contributed by atoms with van der Waals surface area (Å²) in [5.74, 6) is 1.23. The molecule has 3 rings (SSSR count). The first-order valence-electron chi connectivity index (χ1n) is 9.12. The summed E-state index contributed by atoms with van der Waals surface area (Å²) in [6.07, 6.45) is 3.21. The maximum atomic E-state index is 13.0. The Morgan fingerprint density at radius 1 is 1.32 bits per heavy atom. The Morgan fingerprint density at radius 3 is 2.76 bits per heavy atom. The highest BCUT2D eigenvalue weighted by Gasteiger charge is 2.26. The van der Waals surface area contributed by atoms with Crippen LogP contribution in [0.25, 0.3) is 10.9 Å². The molecule has 0 saturated heterocycles. The minimum atomic E-state index is 0.145. The molecule has 1 atom stereocenters. The highest BCUT2D eigenvalue weighted by atomic mass is 32.2. The van der Waals surface area contributed by atoms with E-state index in [9.17, 15) is 4.79 Å². The molecular formula is C20H26N2OS2. The number of nitrogens with zero attached hydrogens (tertiary/aromatic N) is 2. The number of carbonyl (C=O) groups excluding carboxylic acids is 1. The number of thiocarbonyl (C=S) groups is 1. The smallest absolute Gasteiger partial charge is 0.241 e. The molecule has 0 fully saturated rings. The lowest BCUT2D eigenvalue weighted by Crippen LogP contribution is -2.28. The molecular weight excluding hydrogens is 348 g/mol. The summed E-state index contributed by atoms with van der Waals surface area (Å²) in [5.41, 5.74) is 3.65. The van der Waals surface area contributed by atoms with Gasteiger partial charge in [0.1, 0.15) is 4.32 Å². The van der Waals surface area contributed by atoms with Crippen molar-refractivity contribution in [3.8, 4) is 0 Å². The van der Waals surface area contributed by atoms with E-state index in [0.29, 0.717) is 11.7 Å². The predicted octanol–water partition coefficient (Wildman–Crippen LogP) is 4.77. The lowest BCUT2D eigenvalue weighted by atomic mass is 9.88. The lowest BCUT2D eigenvalue weighted by molar-refractivity contribution is 0.0943. The fourth-order valence-corrected chi connectivity index (χ4v) is 4.98. The molecule has 0 radical (unpaired) electrons. The van der Waals surface area contributed by atoms with E-state index in [4.69, 9.17) is 12.2 Å². The summed E-state index contributed by atoms with van der Waals surface area (Å²) in [5, 5.41) is 1.24. The molecule has 0 N–H and O–H groups in total. The van der Waals surface area contributed by atoms with Crippen LogP contribution in [0.3, 0.4) is 0 Å². The van der Waals surface area contributed by atoms with E-state index >= 15 is 0 Å². The van der Waals surface area contributed by atoms with Gasteiger partial charge in [-0.05, 0) is 50.7 Å². The molecule has 1 unspecified atom stereocenters. The van der Waals surface area contributed by atoms with Gasteiger partial charge in [-0.15, -0.1) is 0 Å². The van der Waals surface area contributed by atoms with Crippen molar-refractivity contribution >= 4 is 45.1 Å². The van der Waals surface area contributed by atoms with Crippen molar-refractivity contribution in [2.45, 2.75) is 40.0 Å². The summed E-state index contributed by atoms with van der Waals surface area (Å²) < 4.78 is 2.78. The third kappa shape index (κ3) is 3.63. The third-order valence-electron chi connectivity index (χ3n) is 5.11. The minimum Gasteiger partial charge on any atom is -0.358 e. The molecule has 1 aliphatic rings. The van der Waals surface area contributed by atoms with Crippen LogP contribution in [0.2, 0.25) is 0 Å². The third-order valence-corrected chi connectivity index (χ3v) is 6.61. The Kier molecular flexibility index (Phi) is 5.85. The summed E-state index contributed by atoms with van der Waals surface area (Å²) in [4.78, 5) is 15.2. The number of thioether (sulfide) groups is 1. The second-order valence-corrected chi connectivity index (χ2v) is 8.36. The van der Waals surface area contributed by atoms with Crippen LogP contribution in [0.4, 0.5) is 0 Å². The molecule has 5 heteroatoms. The number of benzene rings is 1. The van der Waals surface area contributed by atoms with Crippen LogP contribution < -0.4 is 0 Å². The van der Waals surface area contributed by atoms with Crippen molar-refractivity contribution < 1.29 is 4.79 Å². The molecule has 0 bridgehead atoms. The van der Waals surface area contributed by atoms with Gasteiger partial charge in [0.05, 0.1) is 11.3 Å². The van der Waals surface area contributed by atoms with E-state index < -0.39 is 0 Å². The van der Waals surface area contributed by atoms with Crippen molar-refractivity contribution in [1.82, 2.24) is 9.47 Å². The predicted molar refractivity (Wildman–Crippen MR) is 112 cm³/mol. The van der Waals surface area contributed by atoms with Gasteiger partial charge in [-0.3, -0.25) is 9.36 Å². The van der Waals surface area contributed by atoms with Gasteiger partial charge in [-0.1, -0.05) is 49.1 Å². The van der Waals surface area contributed by atoms with Crippen LogP contribution >= 0.6 is 24.0 Å². The summed E-state index contributed by atoms with van der Waals surface area (Å²) in [6, 6.07) is 8.32. The Morgan fingerprint density at radius 2 is 2.04 bits per heavy atom. The van der Waals surface area contributed by atoms with E-state index in [2.05, 4.69) is 43.9 Å². The molecule has 0 amide bonds. The normalized spacial score (nSPS) is 16.7. The highest BCUT2D eigenvalue weighted by molar-refractivity contribution is 8.23. The van der Waals surface area contributed by atoms with Gasteiger partial charge in [-0.25, -0.2) is 0 Å². The molecule has 0 aliphatic heterocycles. The van der Waals surface area contributed by atoms with Crippen molar-refractivity contribution in [3.05, 3.63) is 35.5 Å². The van der Waals surface area contributed by atoms with Gasteiger partial charge in [-0.2, -0.15) is 0 Å². The SMILES string of the molecule is CCN(CC)C(=S)SCC(=O)n1c2c(c3ccccc31)CC(C)CC2. The Labute approximate surface area is 159 Å². The second-order valence-electron chi connectivity index (χ2n) is 6.75. The van der Waals surface area contributed by atoms with Crippen molar-refractivity contribution in [2.24, 2.45) is 5.92 Å². The molecule has 0 spiro atoms. The molecule has 134 valence electrons. The van der Waals surface area contributed by atoms with Gasteiger partial charge in [0.2, 0.25) is 5.91 Å². The summed E-state index contributed by atoms with van der Waals surface area (Å²) in [6.45, 7) is 8.26. The largest absolute Gasteiger partial charge is 0.358 e. The quantitative estimate of drug-likeness (QED) is 0.720. The van der Waals surface area contributed by atoms with Gasteiger partial charge >= 0.3 is 0 Å². The van der Waals surface area contributed by atoms with Gasteiger partial charge in [0.15, 0.2) is 0 Å². The number of hydrogen-bond donors (Lipinski definition) is 0. The van der Waals surface area contributed by atoms with Crippen molar-refractivity contribution in [2.75, 3.05) is 18.8 Å². The van der Waals surface area contributed by atoms with E-state index in [0.717, 1.165) is 42.2 Å². The van der Waals surface area contributed by atoms with Crippen LogP contribution in [-0.2, 0) is 12.8 Å². The first kappa shape index (κ1) is 18.5. The zero-order valence-corrected chi connectivity index (χ0v) is 16.9.